The lowest BCUT2D eigenvalue weighted by Gasteiger charge is -2.14. The second-order valence-corrected chi connectivity index (χ2v) is 9.84. The number of thioether (sulfide) groups is 1. The average Bonchev–Trinajstić information content (AvgIpc) is 3.70. The minimum atomic E-state index is -0.172. The molecule has 0 bridgehead atoms. The van der Waals surface area contributed by atoms with Crippen LogP contribution in [-0.4, -0.2) is 33.2 Å². The number of amides is 2. The number of benzene rings is 3. The minimum Gasteiger partial charge on any atom is -0.349 e. The van der Waals surface area contributed by atoms with Gasteiger partial charge in [0.1, 0.15) is 0 Å². The van der Waals surface area contributed by atoms with Gasteiger partial charge < -0.3 is 10.6 Å². The molecule has 0 spiro atoms. The number of fused-ring (bicyclic) bond motifs is 1. The second-order valence-electron chi connectivity index (χ2n) is 8.90. The number of anilines is 1. The van der Waals surface area contributed by atoms with E-state index in [9.17, 15) is 14.4 Å². The highest BCUT2D eigenvalue weighted by Gasteiger charge is 2.23. The average molecular weight is 499 g/mol. The fraction of sp³-hybridized carbons (Fsp3) is 0.214. The Morgan fingerprint density at radius 1 is 1.00 bits per heavy atom. The molecule has 0 atom stereocenters. The molecule has 1 aliphatic rings. The fourth-order valence-corrected chi connectivity index (χ4v) is 4.67. The van der Waals surface area contributed by atoms with Gasteiger partial charge in [-0.2, -0.15) is 0 Å². The van der Waals surface area contributed by atoms with Gasteiger partial charge in [-0.05, 0) is 61.2 Å². The molecule has 1 aromatic heterocycles. The van der Waals surface area contributed by atoms with Crippen molar-refractivity contribution < 1.29 is 9.59 Å². The number of nitrogens with one attached hydrogen (secondary N) is 2. The Morgan fingerprint density at radius 3 is 2.47 bits per heavy atom. The molecule has 0 saturated heterocycles. The van der Waals surface area contributed by atoms with Crippen LogP contribution in [0, 0.1) is 6.92 Å². The lowest BCUT2D eigenvalue weighted by molar-refractivity contribution is -0.113. The summed E-state index contributed by atoms with van der Waals surface area (Å²) in [6.07, 6.45) is 2.07. The maximum Gasteiger partial charge on any atom is 0.262 e. The lowest BCUT2D eigenvalue weighted by atomic mass is 10.1. The Bertz CT molecular complexity index is 1490. The first-order chi connectivity index (χ1) is 17.5. The van der Waals surface area contributed by atoms with E-state index in [0.717, 1.165) is 29.7 Å². The van der Waals surface area contributed by atoms with E-state index >= 15 is 0 Å². The Balaban J connectivity index is 1.37. The first-order valence-electron chi connectivity index (χ1n) is 11.9. The molecule has 4 aromatic rings. The van der Waals surface area contributed by atoms with Gasteiger partial charge in [-0.25, -0.2) is 4.98 Å². The highest BCUT2D eigenvalue weighted by atomic mass is 32.2. The van der Waals surface area contributed by atoms with Gasteiger partial charge in [-0.15, -0.1) is 0 Å². The van der Waals surface area contributed by atoms with Crippen LogP contribution in [-0.2, 0) is 11.3 Å². The topological polar surface area (TPSA) is 93.1 Å². The zero-order chi connectivity index (χ0) is 25.1. The van der Waals surface area contributed by atoms with Crippen LogP contribution in [0.5, 0.6) is 0 Å². The number of para-hydroxylation sites is 2. The van der Waals surface area contributed by atoms with Crippen LogP contribution in [0.25, 0.3) is 10.9 Å². The molecule has 3 aromatic carbocycles. The molecule has 1 aliphatic carbocycles. The van der Waals surface area contributed by atoms with Gasteiger partial charge in [-0.3, -0.25) is 19.0 Å². The maximum atomic E-state index is 13.4. The molecule has 0 unspecified atom stereocenters. The summed E-state index contributed by atoms with van der Waals surface area (Å²) < 4.78 is 1.59. The Labute approximate surface area is 212 Å². The van der Waals surface area contributed by atoms with Crippen LogP contribution >= 0.6 is 11.8 Å². The lowest BCUT2D eigenvalue weighted by Crippen LogP contribution is -2.26. The highest BCUT2D eigenvalue weighted by Crippen LogP contribution is 2.21. The summed E-state index contributed by atoms with van der Waals surface area (Å²) in [5.74, 6) is -0.141. The van der Waals surface area contributed by atoms with E-state index in [4.69, 9.17) is 4.98 Å². The van der Waals surface area contributed by atoms with E-state index in [1.54, 1.807) is 28.8 Å². The number of hydrogen-bond acceptors (Lipinski definition) is 5. The molecule has 1 heterocycles. The number of aryl methyl sites for hydroxylation is 1. The van der Waals surface area contributed by atoms with Crippen molar-refractivity contribution in [2.24, 2.45) is 0 Å². The van der Waals surface area contributed by atoms with Crippen molar-refractivity contribution in [2.45, 2.75) is 37.5 Å². The SMILES string of the molecule is Cc1ccccc1NC(=O)CSc1nc2ccccc2c(=O)n1Cc1ccc(C(=O)NC2CC2)cc1. The van der Waals surface area contributed by atoms with Crippen molar-refractivity contribution >= 4 is 40.2 Å². The molecule has 1 saturated carbocycles. The van der Waals surface area contributed by atoms with Crippen LogP contribution in [0.3, 0.4) is 0 Å². The number of carbonyl (C=O) groups is 2. The summed E-state index contributed by atoms with van der Waals surface area (Å²) in [6.45, 7) is 2.22. The first kappa shape index (κ1) is 23.8. The molecule has 0 aliphatic heterocycles. The molecule has 2 N–H and O–H groups in total. The molecule has 7 nitrogen and oxygen atoms in total. The fourth-order valence-electron chi connectivity index (χ4n) is 3.87. The van der Waals surface area contributed by atoms with Gasteiger partial charge >= 0.3 is 0 Å². The van der Waals surface area contributed by atoms with Crippen LogP contribution < -0.4 is 16.2 Å². The van der Waals surface area contributed by atoms with E-state index in [0.29, 0.717) is 27.7 Å². The van der Waals surface area contributed by atoms with Crippen molar-refractivity contribution in [2.75, 3.05) is 11.1 Å². The zero-order valence-corrected chi connectivity index (χ0v) is 20.7. The summed E-state index contributed by atoms with van der Waals surface area (Å²) in [5.41, 5.74) is 3.62. The van der Waals surface area contributed by atoms with E-state index in [1.807, 2.05) is 55.5 Å². The van der Waals surface area contributed by atoms with Crippen LogP contribution in [0.4, 0.5) is 5.69 Å². The molecular weight excluding hydrogens is 472 g/mol. The molecule has 1 fully saturated rings. The summed E-state index contributed by atoms with van der Waals surface area (Å²) in [5, 5.41) is 6.89. The molecule has 8 heteroatoms. The Morgan fingerprint density at radius 2 is 1.72 bits per heavy atom. The third-order valence-corrected chi connectivity index (χ3v) is 7.02. The Kier molecular flexibility index (Phi) is 6.86. The quantitative estimate of drug-likeness (QED) is 0.278. The molecule has 36 heavy (non-hydrogen) atoms. The van der Waals surface area contributed by atoms with Crippen molar-refractivity contribution in [3.8, 4) is 0 Å². The van der Waals surface area contributed by atoms with E-state index < -0.39 is 0 Å². The molecule has 0 radical (unpaired) electrons. The third-order valence-electron chi connectivity index (χ3n) is 6.05. The second kappa shape index (κ2) is 10.4. The van der Waals surface area contributed by atoms with Gasteiger partial charge in [0.15, 0.2) is 5.16 Å². The zero-order valence-electron chi connectivity index (χ0n) is 19.9. The molecule has 182 valence electrons. The van der Waals surface area contributed by atoms with Crippen molar-refractivity contribution in [1.29, 1.82) is 0 Å². The first-order valence-corrected chi connectivity index (χ1v) is 12.8. The van der Waals surface area contributed by atoms with E-state index in [-0.39, 0.29) is 29.7 Å². The summed E-state index contributed by atoms with van der Waals surface area (Å²) >= 11 is 1.23. The van der Waals surface area contributed by atoms with Gasteiger partial charge in [-0.1, -0.05) is 54.2 Å². The maximum absolute atomic E-state index is 13.4. The smallest absolute Gasteiger partial charge is 0.262 e. The minimum absolute atomic E-state index is 0.0792. The van der Waals surface area contributed by atoms with Crippen LogP contribution in [0.2, 0.25) is 0 Å². The summed E-state index contributed by atoms with van der Waals surface area (Å²) in [7, 11) is 0. The van der Waals surface area contributed by atoms with E-state index in [1.165, 1.54) is 11.8 Å². The van der Waals surface area contributed by atoms with Gasteiger partial charge in [0.25, 0.3) is 11.5 Å². The molecule has 5 rings (SSSR count). The van der Waals surface area contributed by atoms with E-state index in [2.05, 4.69) is 10.6 Å². The van der Waals surface area contributed by atoms with Gasteiger partial charge in [0, 0.05) is 17.3 Å². The standard InChI is InChI=1S/C28H26N4O3S/c1-18-6-2-4-8-23(18)30-25(33)17-36-28-31-24-9-5-3-7-22(24)27(35)32(28)16-19-10-12-20(13-11-19)26(34)29-21-14-15-21/h2-13,21H,14-17H2,1H3,(H,29,34)(H,30,33). The number of rotatable bonds is 8. The molecule has 2 amide bonds. The largest absolute Gasteiger partial charge is 0.349 e. The van der Waals surface area contributed by atoms with Crippen molar-refractivity contribution in [3.63, 3.8) is 0 Å². The van der Waals surface area contributed by atoms with Crippen LogP contribution in [0.1, 0.15) is 34.3 Å². The van der Waals surface area contributed by atoms with Crippen LogP contribution in [0.15, 0.2) is 82.7 Å². The normalized spacial score (nSPS) is 12.9. The summed E-state index contributed by atoms with van der Waals surface area (Å²) in [4.78, 5) is 43.0. The third kappa shape index (κ3) is 5.49. The highest BCUT2D eigenvalue weighted by molar-refractivity contribution is 7.99. The van der Waals surface area contributed by atoms with Crippen molar-refractivity contribution in [1.82, 2.24) is 14.9 Å². The number of carbonyl (C=O) groups excluding carboxylic acids is 2. The van der Waals surface area contributed by atoms with Crippen molar-refractivity contribution in [3.05, 3.63) is 99.8 Å². The Hall–Kier alpha value is -3.91. The van der Waals surface area contributed by atoms with Gasteiger partial charge in [0.05, 0.1) is 23.2 Å². The number of nitrogens with zero attached hydrogens (tertiary/aromatic N) is 2. The predicted molar refractivity (Wildman–Crippen MR) is 143 cm³/mol. The molecular formula is C28H26N4O3S. The predicted octanol–water partition coefficient (Wildman–Crippen LogP) is 4.38. The number of aromatic nitrogens is 2. The number of hydrogen-bond donors (Lipinski definition) is 2. The monoisotopic (exact) mass is 498 g/mol. The van der Waals surface area contributed by atoms with Gasteiger partial charge in [0.2, 0.25) is 5.91 Å². The summed E-state index contributed by atoms with van der Waals surface area (Å²) in [6, 6.07) is 22.3.